The highest BCUT2D eigenvalue weighted by Gasteiger charge is 2.04. The van der Waals surface area contributed by atoms with E-state index < -0.39 is 0 Å². The first-order valence-corrected chi connectivity index (χ1v) is 3.33. The van der Waals surface area contributed by atoms with E-state index in [1.807, 2.05) is 6.92 Å². The summed E-state index contributed by atoms with van der Waals surface area (Å²) in [6, 6.07) is 0.134. The van der Waals surface area contributed by atoms with Crippen LogP contribution in [0.1, 0.15) is 19.4 Å². The zero-order valence-electron chi connectivity index (χ0n) is 5.94. The molecule has 1 aromatic rings. The number of aliphatic hydroxyl groups excluding tert-OH is 1. The zero-order valence-corrected chi connectivity index (χ0v) is 5.94. The summed E-state index contributed by atoms with van der Waals surface area (Å²) in [5, 5.41) is 16.1. The summed E-state index contributed by atoms with van der Waals surface area (Å²) in [6.45, 7) is 2.16. The minimum absolute atomic E-state index is 0.134. The maximum atomic E-state index is 8.82. The fourth-order valence-corrected chi connectivity index (χ4v) is 0.831. The van der Waals surface area contributed by atoms with E-state index in [-0.39, 0.29) is 12.6 Å². The standard InChI is InChI=1S/C6H11N3O/c1-2-6(3-10)9-4-7-8-5-9/h4-6,10H,2-3H2,1H3/t6-/m1/s1. The van der Waals surface area contributed by atoms with Crippen molar-refractivity contribution in [3.8, 4) is 0 Å². The van der Waals surface area contributed by atoms with Gasteiger partial charge >= 0.3 is 0 Å². The van der Waals surface area contributed by atoms with Crippen LogP contribution in [0.3, 0.4) is 0 Å². The van der Waals surface area contributed by atoms with Gasteiger partial charge in [0.15, 0.2) is 0 Å². The topological polar surface area (TPSA) is 50.9 Å². The molecule has 0 aliphatic rings. The van der Waals surface area contributed by atoms with Gasteiger partial charge in [0.25, 0.3) is 0 Å². The van der Waals surface area contributed by atoms with Crippen molar-refractivity contribution in [1.29, 1.82) is 0 Å². The smallest absolute Gasteiger partial charge is 0.119 e. The second kappa shape index (κ2) is 3.31. The average molecular weight is 141 g/mol. The molecule has 0 fully saturated rings. The molecule has 1 rings (SSSR count). The van der Waals surface area contributed by atoms with Gasteiger partial charge in [0.05, 0.1) is 12.6 Å². The van der Waals surface area contributed by atoms with E-state index in [0.717, 1.165) is 6.42 Å². The van der Waals surface area contributed by atoms with Crippen LogP contribution in [0.4, 0.5) is 0 Å². The maximum Gasteiger partial charge on any atom is 0.119 e. The van der Waals surface area contributed by atoms with Gasteiger partial charge in [-0.2, -0.15) is 0 Å². The Morgan fingerprint density at radius 1 is 1.50 bits per heavy atom. The minimum Gasteiger partial charge on any atom is -0.394 e. The van der Waals surface area contributed by atoms with Crippen LogP contribution in [-0.2, 0) is 0 Å². The molecule has 0 bridgehead atoms. The van der Waals surface area contributed by atoms with E-state index in [1.165, 1.54) is 0 Å². The van der Waals surface area contributed by atoms with Gasteiger partial charge in [0.2, 0.25) is 0 Å². The highest BCUT2D eigenvalue weighted by molar-refractivity contribution is 4.69. The fourth-order valence-electron chi connectivity index (χ4n) is 0.831. The van der Waals surface area contributed by atoms with Crippen molar-refractivity contribution in [3.63, 3.8) is 0 Å². The highest BCUT2D eigenvalue weighted by Crippen LogP contribution is 2.06. The number of hydrogen-bond acceptors (Lipinski definition) is 3. The third kappa shape index (κ3) is 1.33. The van der Waals surface area contributed by atoms with E-state index in [0.29, 0.717) is 0 Å². The molecule has 0 aliphatic carbocycles. The average Bonchev–Trinajstić information content (AvgIpc) is 2.43. The molecule has 4 nitrogen and oxygen atoms in total. The van der Waals surface area contributed by atoms with Crippen molar-refractivity contribution in [3.05, 3.63) is 12.7 Å². The molecule has 0 amide bonds. The summed E-state index contributed by atoms with van der Waals surface area (Å²) in [5.74, 6) is 0. The van der Waals surface area contributed by atoms with Crippen molar-refractivity contribution in [1.82, 2.24) is 14.8 Å². The lowest BCUT2D eigenvalue weighted by Gasteiger charge is -2.10. The predicted octanol–water partition coefficient (Wildman–Crippen LogP) is 0.221. The quantitative estimate of drug-likeness (QED) is 0.655. The first kappa shape index (κ1) is 7.21. The monoisotopic (exact) mass is 141 g/mol. The normalized spacial score (nSPS) is 13.4. The van der Waals surface area contributed by atoms with E-state index in [2.05, 4.69) is 10.2 Å². The Morgan fingerprint density at radius 3 is 2.50 bits per heavy atom. The number of aromatic nitrogens is 3. The Balaban J connectivity index is 2.64. The third-order valence-corrected chi connectivity index (χ3v) is 1.54. The highest BCUT2D eigenvalue weighted by atomic mass is 16.3. The molecule has 0 saturated carbocycles. The molecular formula is C6H11N3O. The van der Waals surface area contributed by atoms with Crippen molar-refractivity contribution < 1.29 is 5.11 Å². The van der Waals surface area contributed by atoms with Gasteiger partial charge in [-0.1, -0.05) is 6.92 Å². The summed E-state index contributed by atoms with van der Waals surface area (Å²) in [7, 11) is 0. The first-order valence-electron chi connectivity index (χ1n) is 3.33. The minimum atomic E-state index is 0.134. The molecule has 1 heterocycles. The van der Waals surface area contributed by atoms with Gasteiger partial charge in [-0.15, -0.1) is 10.2 Å². The number of rotatable bonds is 3. The van der Waals surface area contributed by atoms with Crippen LogP contribution >= 0.6 is 0 Å². The largest absolute Gasteiger partial charge is 0.394 e. The Hall–Kier alpha value is -0.900. The van der Waals surface area contributed by atoms with Gasteiger partial charge in [0, 0.05) is 0 Å². The molecular weight excluding hydrogens is 130 g/mol. The van der Waals surface area contributed by atoms with E-state index in [4.69, 9.17) is 5.11 Å². The Morgan fingerprint density at radius 2 is 2.10 bits per heavy atom. The lowest BCUT2D eigenvalue weighted by molar-refractivity contribution is 0.224. The second-order valence-electron chi connectivity index (χ2n) is 2.15. The molecule has 0 unspecified atom stereocenters. The third-order valence-electron chi connectivity index (χ3n) is 1.54. The summed E-state index contributed by atoms with van der Waals surface area (Å²) >= 11 is 0. The van der Waals surface area contributed by atoms with Crippen molar-refractivity contribution >= 4 is 0 Å². The van der Waals surface area contributed by atoms with E-state index in [9.17, 15) is 0 Å². The summed E-state index contributed by atoms with van der Waals surface area (Å²) in [4.78, 5) is 0. The summed E-state index contributed by atoms with van der Waals surface area (Å²) < 4.78 is 1.81. The van der Waals surface area contributed by atoms with Crippen LogP contribution in [0, 0.1) is 0 Å². The Labute approximate surface area is 59.5 Å². The molecule has 56 valence electrons. The van der Waals surface area contributed by atoms with Crippen LogP contribution in [0.25, 0.3) is 0 Å². The van der Waals surface area contributed by atoms with Gasteiger partial charge in [-0.05, 0) is 6.42 Å². The van der Waals surface area contributed by atoms with Crippen LogP contribution < -0.4 is 0 Å². The number of aliphatic hydroxyl groups is 1. The van der Waals surface area contributed by atoms with Gasteiger partial charge < -0.3 is 9.67 Å². The van der Waals surface area contributed by atoms with Crippen LogP contribution in [0.15, 0.2) is 12.7 Å². The molecule has 1 N–H and O–H groups in total. The van der Waals surface area contributed by atoms with E-state index in [1.54, 1.807) is 17.2 Å². The molecule has 1 atom stereocenters. The van der Waals surface area contributed by atoms with Crippen LogP contribution in [0.2, 0.25) is 0 Å². The Kier molecular flexibility index (Phi) is 2.39. The SMILES string of the molecule is CC[C@H](CO)n1cnnc1. The van der Waals surface area contributed by atoms with E-state index >= 15 is 0 Å². The fraction of sp³-hybridized carbons (Fsp3) is 0.667. The van der Waals surface area contributed by atoms with Crippen molar-refractivity contribution in [2.45, 2.75) is 19.4 Å². The zero-order chi connectivity index (χ0) is 7.40. The van der Waals surface area contributed by atoms with Crippen molar-refractivity contribution in [2.24, 2.45) is 0 Å². The van der Waals surface area contributed by atoms with Gasteiger partial charge in [0.1, 0.15) is 12.7 Å². The molecule has 0 aromatic carbocycles. The van der Waals surface area contributed by atoms with Crippen molar-refractivity contribution in [2.75, 3.05) is 6.61 Å². The van der Waals surface area contributed by atoms with Crippen LogP contribution in [0.5, 0.6) is 0 Å². The maximum absolute atomic E-state index is 8.82. The second-order valence-corrected chi connectivity index (χ2v) is 2.15. The summed E-state index contributed by atoms with van der Waals surface area (Å²) in [5.41, 5.74) is 0. The molecule has 4 heteroatoms. The lowest BCUT2D eigenvalue weighted by atomic mass is 10.2. The summed E-state index contributed by atoms with van der Waals surface area (Å²) in [6.07, 6.45) is 4.13. The Bertz CT molecular complexity index is 169. The van der Waals surface area contributed by atoms with Gasteiger partial charge in [-0.25, -0.2) is 0 Å². The predicted molar refractivity (Wildman–Crippen MR) is 36.4 cm³/mol. The van der Waals surface area contributed by atoms with Gasteiger partial charge in [-0.3, -0.25) is 0 Å². The molecule has 1 aromatic heterocycles. The molecule has 0 radical (unpaired) electrons. The number of nitrogens with zero attached hydrogens (tertiary/aromatic N) is 3. The molecule has 0 spiro atoms. The first-order chi connectivity index (χ1) is 4.88. The molecule has 10 heavy (non-hydrogen) atoms. The number of hydrogen-bond donors (Lipinski definition) is 1. The molecule has 0 saturated heterocycles. The van der Waals surface area contributed by atoms with Crippen LogP contribution in [-0.4, -0.2) is 26.5 Å². The lowest BCUT2D eigenvalue weighted by Crippen LogP contribution is -2.09. The molecule has 0 aliphatic heterocycles.